The zero-order valence-corrected chi connectivity index (χ0v) is 10.6. The van der Waals surface area contributed by atoms with Gasteiger partial charge in [-0.2, -0.15) is 8.42 Å². The molecule has 1 saturated heterocycles. The van der Waals surface area contributed by atoms with Crippen molar-refractivity contribution in [3.05, 3.63) is 29.8 Å². The lowest BCUT2D eigenvalue weighted by Crippen LogP contribution is -2.31. The summed E-state index contributed by atoms with van der Waals surface area (Å²) in [5, 5.41) is 2.44. The maximum Gasteiger partial charge on any atom is 0.407 e. The predicted molar refractivity (Wildman–Crippen MR) is 62.6 cm³/mol. The van der Waals surface area contributed by atoms with Gasteiger partial charge in [0.1, 0.15) is 6.61 Å². The standard InChI is InChI=1S/C11H13NO5S/c1-8-2-4-10(5-3-8)18(14,15)17-7-9-6-16-11(13)12-9/h2-5,9H,6-7H2,1H3,(H,12,13). The van der Waals surface area contributed by atoms with Crippen molar-refractivity contribution in [2.24, 2.45) is 0 Å². The van der Waals surface area contributed by atoms with E-state index in [-0.39, 0.29) is 18.1 Å². The molecule has 1 aliphatic rings. The minimum absolute atomic E-state index is 0.0957. The second kappa shape index (κ2) is 4.95. The molecule has 1 N–H and O–H groups in total. The molecule has 18 heavy (non-hydrogen) atoms. The van der Waals surface area contributed by atoms with E-state index in [4.69, 9.17) is 4.18 Å². The third-order valence-electron chi connectivity index (χ3n) is 2.47. The number of cyclic esters (lactones) is 1. The number of hydrogen-bond acceptors (Lipinski definition) is 5. The SMILES string of the molecule is Cc1ccc(S(=O)(=O)OCC2COC(=O)N2)cc1. The predicted octanol–water partition coefficient (Wildman–Crippen LogP) is 0.809. The smallest absolute Gasteiger partial charge is 0.407 e. The van der Waals surface area contributed by atoms with Crippen LogP contribution in [0.4, 0.5) is 4.79 Å². The number of rotatable bonds is 4. The molecule has 0 bridgehead atoms. The largest absolute Gasteiger partial charge is 0.447 e. The van der Waals surface area contributed by atoms with E-state index in [0.717, 1.165) is 5.56 Å². The maximum absolute atomic E-state index is 11.8. The van der Waals surface area contributed by atoms with Crippen molar-refractivity contribution in [3.8, 4) is 0 Å². The summed E-state index contributed by atoms with van der Waals surface area (Å²) < 4.78 is 33.1. The van der Waals surface area contributed by atoms with Crippen LogP contribution in [-0.2, 0) is 19.0 Å². The second-order valence-corrected chi connectivity index (χ2v) is 5.61. The van der Waals surface area contributed by atoms with Crippen molar-refractivity contribution < 1.29 is 22.1 Å². The van der Waals surface area contributed by atoms with Crippen molar-refractivity contribution in [2.75, 3.05) is 13.2 Å². The van der Waals surface area contributed by atoms with Gasteiger partial charge in [0, 0.05) is 0 Å². The molecule has 7 heteroatoms. The Kier molecular flexibility index (Phi) is 3.53. The van der Waals surface area contributed by atoms with Gasteiger partial charge < -0.3 is 10.1 Å². The molecule has 0 spiro atoms. The van der Waals surface area contributed by atoms with Gasteiger partial charge in [-0.15, -0.1) is 0 Å². The summed E-state index contributed by atoms with van der Waals surface area (Å²) in [6, 6.07) is 5.91. The molecule has 98 valence electrons. The number of benzene rings is 1. The van der Waals surface area contributed by atoms with Gasteiger partial charge in [-0.05, 0) is 19.1 Å². The zero-order valence-electron chi connectivity index (χ0n) is 9.75. The highest BCUT2D eigenvalue weighted by Crippen LogP contribution is 2.14. The highest BCUT2D eigenvalue weighted by molar-refractivity contribution is 7.86. The number of amides is 1. The molecule has 1 aromatic rings. The lowest BCUT2D eigenvalue weighted by atomic mass is 10.2. The minimum Gasteiger partial charge on any atom is -0.447 e. The first-order valence-electron chi connectivity index (χ1n) is 5.37. The Balaban J connectivity index is 1.99. The normalized spacial score (nSPS) is 19.4. The first-order valence-corrected chi connectivity index (χ1v) is 6.77. The van der Waals surface area contributed by atoms with Gasteiger partial charge in [0.25, 0.3) is 10.1 Å². The van der Waals surface area contributed by atoms with E-state index in [2.05, 4.69) is 10.1 Å². The van der Waals surface area contributed by atoms with E-state index in [9.17, 15) is 13.2 Å². The molecule has 0 aliphatic carbocycles. The van der Waals surface area contributed by atoms with Gasteiger partial charge in [0.15, 0.2) is 0 Å². The van der Waals surface area contributed by atoms with Crippen LogP contribution < -0.4 is 5.32 Å². The maximum atomic E-state index is 11.8. The van der Waals surface area contributed by atoms with Crippen LogP contribution in [0.25, 0.3) is 0 Å². The van der Waals surface area contributed by atoms with Crippen molar-refractivity contribution >= 4 is 16.2 Å². The quantitative estimate of drug-likeness (QED) is 0.819. The summed E-state index contributed by atoms with van der Waals surface area (Å²) in [4.78, 5) is 10.8. The van der Waals surface area contributed by atoms with Crippen molar-refractivity contribution in [2.45, 2.75) is 17.9 Å². The van der Waals surface area contributed by atoms with Crippen molar-refractivity contribution in [1.29, 1.82) is 0 Å². The summed E-state index contributed by atoms with van der Waals surface area (Å²) in [5.74, 6) is 0. The molecule has 0 radical (unpaired) electrons. The number of carbonyl (C=O) groups excluding carboxylic acids is 1. The van der Waals surface area contributed by atoms with Gasteiger partial charge in [0.2, 0.25) is 0 Å². The summed E-state index contributed by atoms with van der Waals surface area (Å²) in [6.07, 6.45) is -0.559. The Morgan fingerprint density at radius 2 is 2.06 bits per heavy atom. The third kappa shape index (κ3) is 2.99. The first kappa shape index (κ1) is 12.8. The molecular formula is C11H13NO5S. The molecule has 1 aromatic carbocycles. The molecule has 1 atom stereocenters. The fourth-order valence-electron chi connectivity index (χ4n) is 1.46. The number of aryl methyl sites for hydroxylation is 1. The monoisotopic (exact) mass is 271 g/mol. The fourth-order valence-corrected chi connectivity index (χ4v) is 2.41. The van der Waals surface area contributed by atoms with E-state index in [1.165, 1.54) is 12.1 Å². The average molecular weight is 271 g/mol. The summed E-state index contributed by atoms with van der Waals surface area (Å²) in [5.41, 5.74) is 0.963. The summed E-state index contributed by atoms with van der Waals surface area (Å²) >= 11 is 0. The van der Waals surface area contributed by atoms with Gasteiger partial charge in [-0.25, -0.2) is 4.79 Å². The van der Waals surface area contributed by atoms with E-state index in [1.807, 2.05) is 6.92 Å². The number of hydrogen-bond donors (Lipinski definition) is 1. The molecule has 1 amide bonds. The van der Waals surface area contributed by atoms with E-state index in [0.29, 0.717) is 0 Å². The van der Waals surface area contributed by atoms with Crippen LogP contribution in [0.1, 0.15) is 5.56 Å². The Morgan fingerprint density at radius 1 is 1.39 bits per heavy atom. The first-order chi connectivity index (χ1) is 8.47. The molecule has 0 aromatic heterocycles. The van der Waals surface area contributed by atoms with Crippen LogP contribution in [-0.4, -0.2) is 33.8 Å². The van der Waals surface area contributed by atoms with Crippen LogP contribution in [0.2, 0.25) is 0 Å². The van der Waals surface area contributed by atoms with Crippen molar-refractivity contribution in [1.82, 2.24) is 5.32 Å². The molecular weight excluding hydrogens is 258 g/mol. The third-order valence-corrected chi connectivity index (χ3v) is 3.77. The number of carbonyl (C=O) groups is 1. The van der Waals surface area contributed by atoms with E-state index in [1.54, 1.807) is 12.1 Å². The van der Waals surface area contributed by atoms with Crippen LogP contribution in [0.3, 0.4) is 0 Å². The number of nitrogens with one attached hydrogen (secondary N) is 1. The van der Waals surface area contributed by atoms with E-state index < -0.39 is 22.3 Å². The topological polar surface area (TPSA) is 81.7 Å². The second-order valence-electron chi connectivity index (χ2n) is 3.99. The van der Waals surface area contributed by atoms with Gasteiger partial charge in [0.05, 0.1) is 17.5 Å². The fraction of sp³-hybridized carbons (Fsp3) is 0.364. The summed E-state index contributed by atoms with van der Waals surface area (Å²) in [6.45, 7) is 1.84. The van der Waals surface area contributed by atoms with Crippen LogP contribution in [0.15, 0.2) is 29.2 Å². The lowest BCUT2D eigenvalue weighted by Gasteiger charge is -2.09. The van der Waals surface area contributed by atoms with E-state index >= 15 is 0 Å². The van der Waals surface area contributed by atoms with Gasteiger partial charge in [-0.3, -0.25) is 4.18 Å². The number of ether oxygens (including phenoxy) is 1. The Hall–Kier alpha value is -1.60. The summed E-state index contributed by atoms with van der Waals surface area (Å²) in [7, 11) is -3.79. The van der Waals surface area contributed by atoms with Crippen LogP contribution in [0, 0.1) is 6.92 Å². The Bertz CT molecular complexity index is 537. The number of alkyl carbamates (subject to hydrolysis) is 1. The molecule has 1 heterocycles. The molecule has 1 fully saturated rings. The molecule has 1 unspecified atom stereocenters. The van der Waals surface area contributed by atoms with Crippen LogP contribution in [0.5, 0.6) is 0 Å². The van der Waals surface area contributed by atoms with Crippen molar-refractivity contribution in [3.63, 3.8) is 0 Å². The van der Waals surface area contributed by atoms with Gasteiger partial charge >= 0.3 is 6.09 Å². The lowest BCUT2D eigenvalue weighted by molar-refractivity contribution is 0.174. The highest BCUT2D eigenvalue weighted by atomic mass is 32.2. The molecule has 1 aliphatic heterocycles. The highest BCUT2D eigenvalue weighted by Gasteiger charge is 2.25. The molecule has 2 rings (SSSR count). The Labute approximate surface area is 105 Å². The van der Waals surface area contributed by atoms with Gasteiger partial charge in [-0.1, -0.05) is 17.7 Å². The molecule has 6 nitrogen and oxygen atoms in total. The zero-order chi connectivity index (χ0) is 13.2. The minimum atomic E-state index is -3.79. The Morgan fingerprint density at radius 3 is 2.61 bits per heavy atom. The molecule has 0 saturated carbocycles. The van der Waals surface area contributed by atoms with Crippen LogP contribution >= 0.6 is 0 Å². The average Bonchev–Trinajstić information content (AvgIpc) is 2.73.